The zero-order chi connectivity index (χ0) is 19.5. The topological polar surface area (TPSA) is 64.0 Å². The lowest BCUT2D eigenvalue weighted by Gasteiger charge is -2.13. The second-order valence-electron chi connectivity index (χ2n) is 6.53. The first kappa shape index (κ1) is 18.8. The summed E-state index contributed by atoms with van der Waals surface area (Å²) < 4.78 is 1.63. The van der Waals surface area contributed by atoms with Crippen LogP contribution < -0.4 is 10.9 Å². The normalized spacial score (nSPS) is 13.1. The summed E-state index contributed by atoms with van der Waals surface area (Å²) in [7, 11) is 0. The number of fused-ring (bicyclic) bond motifs is 3. The lowest BCUT2D eigenvalue weighted by molar-refractivity contribution is -0.118. The number of benzene rings is 1. The van der Waals surface area contributed by atoms with Crippen LogP contribution in [0.3, 0.4) is 0 Å². The van der Waals surface area contributed by atoms with E-state index in [1.807, 2.05) is 30.3 Å². The number of nitrogens with one attached hydrogen (secondary N) is 1. The Bertz CT molecular complexity index is 1130. The quantitative estimate of drug-likeness (QED) is 0.399. The molecule has 142 valence electrons. The number of carbonyl (C=O) groups is 1. The Morgan fingerprint density at radius 2 is 2.07 bits per heavy atom. The molecule has 1 N–H and O–H groups in total. The Morgan fingerprint density at radius 3 is 2.86 bits per heavy atom. The summed E-state index contributed by atoms with van der Waals surface area (Å²) >= 11 is 2.87. The SMILES string of the molecule is C#CCNC(=O)CSc1nc2sc3c(c2c(=O)n1-c1ccccc1)CCCC3. The van der Waals surface area contributed by atoms with Crippen molar-refractivity contribution in [2.45, 2.75) is 30.8 Å². The van der Waals surface area contributed by atoms with Gasteiger partial charge in [-0.1, -0.05) is 35.9 Å². The second kappa shape index (κ2) is 8.21. The first-order valence-corrected chi connectivity index (χ1v) is 10.9. The fourth-order valence-corrected chi connectivity index (χ4v) is 5.56. The highest BCUT2D eigenvalue weighted by molar-refractivity contribution is 7.99. The maximum absolute atomic E-state index is 13.5. The molecule has 2 aromatic heterocycles. The minimum absolute atomic E-state index is 0.0536. The first-order valence-electron chi connectivity index (χ1n) is 9.14. The van der Waals surface area contributed by atoms with Gasteiger partial charge >= 0.3 is 0 Å². The van der Waals surface area contributed by atoms with Crippen molar-refractivity contribution in [1.82, 2.24) is 14.9 Å². The monoisotopic (exact) mass is 409 g/mol. The summed E-state index contributed by atoms with van der Waals surface area (Å²) in [5, 5.41) is 3.91. The Balaban J connectivity index is 1.82. The van der Waals surface area contributed by atoms with E-state index in [1.54, 1.807) is 15.9 Å². The van der Waals surface area contributed by atoms with Crippen LogP contribution in [-0.2, 0) is 17.6 Å². The molecule has 0 saturated heterocycles. The smallest absolute Gasteiger partial charge is 0.267 e. The average Bonchev–Trinajstić information content (AvgIpc) is 3.10. The number of para-hydroxylation sites is 1. The van der Waals surface area contributed by atoms with E-state index in [2.05, 4.69) is 11.2 Å². The van der Waals surface area contributed by atoms with Gasteiger partial charge < -0.3 is 5.32 Å². The molecule has 0 fully saturated rings. The molecule has 7 heteroatoms. The maximum atomic E-state index is 13.5. The minimum Gasteiger partial charge on any atom is -0.344 e. The van der Waals surface area contributed by atoms with Crippen LogP contribution in [0.5, 0.6) is 0 Å². The number of hydrogen-bond acceptors (Lipinski definition) is 5. The number of amides is 1. The van der Waals surface area contributed by atoms with Crippen molar-refractivity contribution < 1.29 is 4.79 Å². The van der Waals surface area contributed by atoms with Crippen LogP contribution in [0.15, 0.2) is 40.3 Å². The van der Waals surface area contributed by atoms with Crippen LogP contribution in [0, 0.1) is 12.3 Å². The van der Waals surface area contributed by atoms with Crippen molar-refractivity contribution in [2.24, 2.45) is 0 Å². The number of thioether (sulfide) groups is 1. The van der Waals surface area contributed by atoms with Gasteiger partial charge in [0.2, 0.25) is 5.91 Å². The molecular formula is C21H19N3O2S2. The van der Waals surface area contributed by atoms with Crippen LogP contribution in [0.2, 0.25) is 0 Å². The zero-order valence-corrected chi connectivity index (χ0v) is 16.9. The molecule has 0 radical (unpaired) electrons. The van der Waals surface area contributed by atoms with Crippen LogP contribution >= 0.6 is 23.1 Å². The van der Waals surface area contributed by atoms with E-state index in [0.29, 0.717) is 5.16 Å². The molecule has 0 aliphatic heterocycles. The predicted octanol–water partition coefficient (Wildman–Crippen LogP) is 3.17. The third kappa shape index (κ3) is 3.58. The lowest BCUT2D eigenvalue weighted by Crippen LogP contribution is -2.26. The molecule has 0 bridgehead atoms. The fourth-order valence-electron chi connectivity index (χ4n) is 3.42. The molecule has 1 aromatic carbocycles. The summed E-state index contributed by atoms with van der Waals surface area (Å²) in [4.78, 5) is 32.3. The molecule has 2 heterocycles. The number of nitrogens with zero attached hydrogens (tertiary/aromatic N) is 2. The molecule has 1 amide bonds. The van der Waals surface area contributed by atoms with E-state index in [0.717, 1.165) is 47.2 Å². The summed E-state index contributed by atoms with van der Waals surface area (Å²) in [6, 6.07) is 9.46. The van der Waals surface area contributed by atoms with E-state index in [1.165, 1.54) is 16.6 Å². The molecular weight excluding hydrogens is 390 g/mol. The van der Waals surface area contributed by atoms with Crippen LogP contribution in [0.1, 0.15) is 23.3 Å². The average molecular weight is 410 g/mol. The van der Waals surface area contributed by atoms with Gasteiger partial charge in [0, 0.05) is 4.88 Å². The molecule has 3 aromatic rings. The summed E-state index contributed by atoms with van der Waals surface area (Å²) in [6.45, 7) is 0.189. The third-order valence-electron chi connectivity index (χ3n) is 4.69. The predicted molar refractivity (Wildman–Crippen MR) is 114 cm³/mol. The van der Waals surface area contributed by atoms with E-state index in [4.69, 9.17) is 11.4 Å². The van der Waals surface area contributed by atoms with Gasteiger partial charge in [0.05, 0.1) is 23.4 Å². The van der Waals surface area contributed by atoms with Gasteiger partial charge in [0.25, 0.3) is 5.56 Å². The van der Waals surface area contributed by atoms with Crippen molar-refractivity contribution in [3.63, 3.8) is 0 Å². The zero-order valence-electron chi connectivity index (χ0n) is 15.2. The number of aromatic nitrogens is 2. The van der Waals surface area contributed by atoms with Gasteiger partial charge in [0.15, 0.2) is 5.16 Å². The second-order valence-corrected chi connectivity index (χ2v) is 8.56. The highest BCUT2D eigenvalue weighted by atomic mass is 32.2. The standard InChI is InChI=1S/C21H19N3O2S2/c1-2-12-22-17(25)13-27-21-23-19-18(15-10-6-7-11-16(15)28-19)20(26)24(21)14-8-4-3-5-9-14/h1,3-5,8-9H,6-7,10-13H2,(H,22,25). The number of hydrogen-bond donors (Lipinski definition) is 1. The number of thiophene rings is 1. The van der Waals surface area contributed by atoms with Crippen molar-refractivity contribution >= 4 is 39.2 Å². The first-order chi connectivity index (χ1) is 13.7. The Morgan fingerprint density at radius 1 is 1.29 bits per heavy atom. The number of terminal acetylenes is 1. The molecule has 28 heavy (non-hydrogen) atoms. The van der Waals surface area contributed by atoms with E-state index < -0.39 is 0 Å². The van der Waals surface area contributed by atoms with Crippen molar-refractivity contribution in [3.05, 3.63) is 51.1 Å². The fraction of sp³-hybridized carbons (Fsp3) is 0.286. The van der Waals surface area contributed by atoms with Gasteiger partial charge in [-0.15, -0.1) is 17.8 Å². The van der Waals surface area contributed by atoms with E-state index in [-0.39, 0.29) is 23.8 Å². The molecule has 0 saturated carbocycles. The third-order valence-corrected chi connectivity index (χ3v) is 6.82. The van der Waals surface area contributed by atoms with Crippen LogP contribution in [0.25, 0.3) is 15.9 Å². The molecule has 1 aliphatic carbocycles. The molecule has 0 atom stereocenters. The van der Waals surface area contributed by atoms with E-state index >= 15 is 0 Å². The number of carbonyl (C=O) groups excluding carboxylic acids is 1. The van der Waals surface area contributed by atoms with Gasteiger partial charge in [0.1, 0.15) is 4.83 Å². The highest BCUT2D eigenvalue weighted by Gasteiger charge is 2.23. The van der Waals surface area contributed by atoms with Gasteiger partial charge in [-0.3, -0.25) is 14.2 Å². The van der Waals surface area contributed by atoms with Crippen molar-refractivity contribution in [3.8, 4) is 18.0 Å². The molecule has 1 aliphatic rings. The molecule has 5 nitrogen and oxygen atoms in total. The molecule has 0 unspecified atom stereocenters. The molecule has 0 spiro atoms. The van der Waals surface area contributed by atoms with Crippen LogP contribution in [-0.4, -0.2) is 27.8 Å². The van der Waals surface area contributed by atoms with Gasteiger partial charge in [-0.2, -0.15) is 0 Å². The number of rotatable bonds is 5. The summed E-state index contributed by atoms with van der Waals surface area (Å²) in [5.74, 6) is 2.36. The van der Waals surface area contributed by atoms with Crippen LogP contribution in [0.4, 0.5) is 0 Å². The highest BCUT2D eigenvalue weighted by Crippen LogP contribution is 2.35. The van der Waals surface area contributed by atoms with Gasteiger partial charge in [-0.05, 0) is 43.4 Å². The van der Waals surface area contributed by atoms with Crippen molar-refractivity contribution in [1.29, 1.82) is 0 Å². The number of aryl methyl sites for hydroxylation is 2. The minimum atomic E-state index is -0.178. The van der Waals surface area contributed by atoms with Gasteiger partial charge in [-0.25, -0.2) is 4.98 Å². The van der Waals surface area contributed by atoms with Crippen molar-refractivity contribution in [2.75, 3.05) is 12.3 Å². The Kier molecular flexibility index (Phi) is 5.51. The largest absolute Gasteiger partial charge is 0.344 e. The Hall–Kier alpha value is -2.56. The lowest BCUT2D eigenvalue weighted by atomic mass is 9.97. The summed E-state index contributed by atoms with van der Waals surface area (Å²) in [5.41, 5.74) is 1.86. The summed E-state index contributed by atoms with van der Waals surface area (Å²) in [6.07, 6.45) is 9.39. The molecule has 4 rings (SSSR count). The Labute approximate surface area is 171 Å². The van der Waals surface area contributed by atoms with E-state index in [9.17, 15) is 9.59 Å². The maximum Gasteiger partial charge on any atom is 0.267 e.